The number of aromatic nitrogens is 4. The van der Waals surface area contributed by atoms with Crippen LogP contribution in [0.15, 0.2) is 45.8 Å². The normalized spacial score (nSPS) is 15.9. The average Bonchev–Trinajstić information content (AvgIpc) is 3.64. The second-order valence-electron chi connectivity index (χ2n) is 9.10. The third kappa shape index (κ3) is 4.74. The maximum atomic E-state index is 11.5. The number of H-pyrrole nitrogens is 1. The highest BCUT2D eigenvalue weighted by Crippen LogP contribution is 2.35. The Morgan fingerprint density at radius 3 is 2.56 bits per heavy atom. The molecule has 2 N–H and O–H groups in total. The van der Waals surface area contributed by atoms with E-state index in [-0.39, 0.29) is 6.10 Å². The van der Waals surface area contributed by atoms with E-state index in [1.54, 1.807) is 18.9 Å². The van der Waals surface area contributed by atoms with E-state index in [0.717, 1.165) is 36.6 Å². The molecule has 2 atom stereocenters. The van der Waals surface area contributed by atoms with E-state index in [0.29, 0.717) is 40.5 Å². The quantitative estimate of drug-likeness (QED) is 0.360. The summed E-state index contributed by atoms with van der Waals surface area (Å²) in [7, 11) is 3.19. The molecule has 1 aliphatic rings. The van der Waals surface area contributed by atoms with Crippen molar-refractivity contribution in [1.29, 1.82) is 0 Å². The standard InChI is InChI=1S/C26H30N4O6/c1-15-20(33-2)11-17(12-21(15)34-3)24(31)22(35-18-8-4-5-9-18)14-30-13-16-7-6-10-19(23(16)28-30)25-27-26(32)36-29-25/h6-7,10-13,18,22,24,31H,4-5,8-9,14H2,1-3H3,(H,27,29,32)/t22-,24+/m0/s1. The van der Waals surface area contributed by atoms with Crippen molar-refractivity contribution in [3.05, 3.63) is 58.2 Å². The Morgan fingerprint density at radius 2 is 1.92 bits per heavy atom. The van der Waals surface area contributed by atoms with Gasteiger partial charge >= 0.3 is 5.76 Å². The lowest BCUT2D eigenvalue weighted by Gasteiger charge is -2.27. The first-order chi connectivity index (χ1) is 17.5. The number of hydrogen-bond donors (Lipinski definition) is 2. The van der Waals surface area contributed by atoms with Gasteiger partial charge in [0.15, 0.2) is 5.82 Å². The van der Waals surface area contributed by atoms with E-state index in [4.69, 9.17) is 23.8 Å². The number of hydrogen-bond acceptors (Lipinski definition) is 8. The number of fused-ring (bicyclic) bond motifs is 1. The SMILES string of the molecule is COc1cc([C@@H](O)[C@H](Cn2cc3cccc(-c4nc(=O)o[nH]4)c3n2)OC2CCCC2)cc(OC)c1C. The second kappa shape index (κ2) is 10.2. The van der Waals surface area contributed by atoms with Crippen molar-refractivity contribution in [3.8, 4) is 22.9 Å². The minimum atomic E-state index is -0.937. The molecule has 0 radical (unpaired) electrons. The summed E-state index contributed by atoms with van der Waals surface area (Å²) in [6.07, 6.45) is 4.64. The monoisotopic (exact) mass is 494 g/mol. The molecule has 0 amide bonds. The lowest BCUT2D eigenvalue weighted by atomic mass is 10.0. The van der Waals surface area contributed by atoms with E-state index >= 15 is 0 Å². The molecule has 5 rings (SSSR count). The van der Waals surface area contributed by atoms with Crippen molar-refractivity contribution in [3.63, 3.8) is 0 Å². The van der Waals surface area contributed by atoms with Crippen LogP contribution in [0.1, 0.15) is 42.9 Å². The lowest BCUT2D eigenvalue weighted by molar-refractivity contribution is -0.0845. The van der Waals surface area contributed by atoms with Gasteiger partial charge in [-0.25, -0.2) is 4.79 Å². The maximum Gasteiger partial charge on any atom is 0.460 e. The third-order valence-electron chi connectivity index (χ3n) is 6.78. The molecule has 1 aliphatic carbocycles. The number of nitrogens with one attached hydrogen (secondary N) is 1. The largest absolute Gasteiger partial charge is 0.496 e. The molecular weight excluding hydrogens is 464 g/mol. The van der Waals surface area contributed by atoms with Gasteiger partial charge in [0.2, 0.25) is 0 Å². The summed E-state index contributed by atoms with van der Waals surface area (Å²) in [5.74, 6) is 0.894. The van der Waals surface area contributed by atoms with Crippen LogP contribution in [0.2, 0.25) is 0 Å². The average molecular weight is 495 g/mol. The number of ether oxygens (including phenoxy) is 3. The fourth-order valence-corrected chi connectivity index (χ4v) is 4.89. The van der Waals surface area contributed by atoms with Gasteiger partial charge in [0.05, 0.1) is 26.9 Å². The van der Waals surface area contributed by atoms with Gasteiger partial charge in [-0.1, -0.05) is 25.0 Å². The molecule has 0 unspecified atom stereocenters. The van der Waals surface area contributed by atoms with Gasteiger partial charge in [-0.3, -0.25) is 4.68 Å². The van der Waals surface area contributed by atoms with Crippen LogP contribution >= 0.6 is 0 Å². The van der Waals surface area contributed by atoms with E-state index < -0.39 is 18.0 Å². The van der Waals surface area contributed by atoms with Gasteiger partial charge in [0.1, 0.15) is 29.2 Å². The van der Waals surface area contributed by atoms with Gasteiger partial charge in [-0.15, -0.1) is 0 Å². The molecule has 36 heavy (non-hydrogen) atoms. The Kier molecular flexibility index (Phi) is 6.80. The first-order valence-electron chi connectivity index (χ1n) is 12.0. The van der Waals surface area contributed by atoms with Crippen molar-refractivity contribution in [2.45, 2.75) is 57.5 Å². The number of aliphatic hydroxyl groups excluding tert-OH is 1. The number of rotatable bonds is 9. The molecule has 0 spiro atoms. The molecule has 0 bridgehead atoms. The minimum Gasteiger partial charge on any atom is -0.496 e. The molecule has 10 nitrogen and oxygen atoms in total. The molecular formula is C26H30N4O6. The first kappa shape index (κ1) is 24.1. The summed E-state index contributed by atoms with van der Waals surface area (Å²) >= 11 is 0. The van der Waals surface area contributed by atoms with Crippen molar-refractivity contribution < 1.29 is 23.8 Å². The zero-order valence-corrected chi connectivity index (χ0v) is 20.6. The smallest absolute Gasteiger partial charge is 0.460 e. The zero-order chi connectivity index (χ0) is 25.2. The Labute approximate surface area is 207 Å². The summed E-state index contributed by atoms with van der Waals surface area (Å²) in [5, 5.41) is 19.7. The molecule has 0 saturated heterocycles. The minimum absolute atomic E-state index is 0.0830. The maximum absolute atomic E-state index is 11.5. The number of benzene rings is 2. The van der Waals surface area contributed by atoms with Gasteiger partial charge in [-0.2, -0.15) is 15.2 Å². The molecule has 0 aliphatic heterocycles. The molecule has 10 heteroatoms. The summed E-state index contributed by atoms with van der Waals surface area (Å²) < 4.78 is 24.0. The molecule has 190 valence electrons. The highest BCUT2D eigenvalue weighted by Gasteiger charge is 2.29. The number of nitrogens with zero attached hydrogens (tertiary/aromatic N) is 3. The van der Waals surface area contributed by atoms with Crippen molar-refractivity contribution in [2.24, 2.45) is 0 Å². The highest BCUT2D eigenvalue weighted by atomic mass is 16.5. The molecule has 1 saturated carbocycles. The van der Waals surface area contributed by atoms with Gasteiger partial charge in [-0.05, 0) is 43.5 Å². The topological polar surface area (TPSA) is 125 Å². The summed E-state index contributed by atoms with van der Waals surface area (Å²) in [6.45, 7) is 2.23. The fraction of sp³-hybridized carbons (Fsp3) is 0.423. The molecule has 2 aromatic carbocycles. The van der Waals surface area contributed by atoms with Gasteiger partial charge in [0.25, 0.3) is 0 Å². The van der Waals surface area contributed by atoms with Crippen LogP contribution in [0.3, 0.4) is 0 Å². The summed E-state index contributed by atoms with van der Waals surface area (Å²) in [5.41, 5.74) is 2.82. The predicted molar refractivity (Wildman–Crippen MR) is 132 cm³/mol. The Morgan fingerprint density at radius 1 is 1.19 bits per heavy atom. The van der Waals surface area contributed by atoms with Crippen LogP contribution in [0.25, 0.3) is 22.3 Å². The van der Waals surface area contributed by atoms with Crippen molar-refractivity contribution >= 4 is 10.9 Å². The van der Waals surface area contributed by atoms with E-state index in [2.05, 4.69) is 10.1 Å². The van der Waals surface area contributed by atoms with E-state index in [1.807, 2.05) is 43.5 Å². The van der Waals surface area contributed by atoms with Crippen LogP contribution in [0.5, 0.6) is 11.5 Å². The second-order valence-corrected chi connectivity index (χ2v) is 9.10. The van der Waals surface area contributed by atoms with Crippen LogP contribution in [-0.4, -0.2) is 51.5 Å². The molecule has 2 heterocycles. The van der Waals surface area contributed by atoms with Crippen molar-refractivity contribution in [2.75, 3.05) is 14.2 Å². The summed E-state index contributed by atoms with van der Waals surface area (Å²) in [4.78, 5) is 15.3. The van der Waals surface area contributed by atoms with Crippen molar-refractivity contribution in [1.82, 2.24) is 19.9 Å². The van der Waals surface area contributed by atoms with Crippen LogP contribution < -0.4 is 15.2 Å². The van der Waals surface area contributed by atoms with Gasteiger partial charge < -0.3 is 23.8 Å². The fourth-order valence-electron chi connectivity index (χ4n) is 4.89. The predicted octanol–water partition coefficient (Wildman–Crippen LogP) is 3.77. The first-order valence-corrected chi connectivity index (χ1v) is 12.0. The van der Waals surface area contributed by atoms with E-state index in [9.17, 15) is 9.90 Å². The summed E-state index contributed by atoms with van der Waals surface area (Å²) in [6, 6.07) is 9.26. The zero-order valence-electron chi connectivity index (χ0n) is 20.6. The lowest BCUT2D eigenvalue weighted by Crippen LogP contribution is -2.31. The van der Waals surface area contributed by atoms with Gasteiger partial charge in [0, 0.05) is 22.7 Å². The molecule has 1 fully saturated rings. The number of methoxy groups -OCH3 is 2. The van der Waals surface area contributed by atoms with E-state index in [1.165, 1.54) is 0 Å². The number of aromatic amines is 1. The Hall–Kier alpha value is -3.63. The Bertz CT molecular complexity index is 1380. The Balaban J connectivity index is 1.49. The number of aliphatic hydroxyl groups is 1. The van der Waals surface area contributed by atoms with Crippen LogP contribution in [-0.2, 0) is 11.3 Å². The highest BCUT2D eigenvalue weighted by molar-refractivity contribution is 5.91. The van der Waals surface area contributed by atoms with Crippen LogP contribution in [0.4, 0.5) is 0 Å². The molecule has 2 aromatic heterocycles. The van der Waals surface area contributed by atoms with Crippen LogP contribution in [0, 0.1) is 6.92 Å². The third-order valence-corrected chi connectivity index (χ3v) is 6.78. The molecule has 4 aromatic rings.